The number of aliphatic hydroxyl groups is 1. The van der Waals surface area contributed by atoms with Crippen LogP contribution in [0.25, 0.3) is 0 Å². The van der Waals surface area contributed by atoms with E-state index in [-0.39, 0.29) is 24.9 Å². The number of nitrogens with two attached hydrogens (primary N) is 1. The summed E-state index contributed by atoms with van der Waals surface area (Å²) in [5, 5.41) is 11.9. The molecule has 0 aliphatic carbocycles. The number of rotatable bonds is 5. The maximum Gasteiger partial charge on any atom is 0.262 e. The lowest BCUT2D eigenvalue weighted by Crippen LogP contribution is -2.54. The standard InChI is InChI=1S/C21H26N4O5/c22-11-21(12-26)6-8-24(9-7-21)10-13-2-1-3-14-17(13)20(30)25(19(14)29)15-4-5-16(27)23-18(15)28/h1-3,15,26H,4-12,22H2,(H,23,27,28). The fourth-order valence-electron chi connectivity index (χ4n) is 4.57. The number of nitrogens with one attached hydrogen (secondary N) is 1. The minimum atomic E-state index is -0.965. The van der Waals surface area contributed by atoms with Crippen molar-refractivity contribution >= 4 is 23.6 Å². The van der Waals surface area contributed by atoms with Crippen LogP contribution >= 0.6 is 0 Å². The van der Waals surface area contributed by atoms with Gasteiger partial charge in [0.2, 0.25) is 11.8 Å². The molecule has 3 heterocycles. The molecule has 0 radical (unpaired) electrons. The van der Waals surface area contributed by atoms with E-state index in [1.807, 2.05) is 6.07 Å². The highest BCUT2D eigenvalue weighted by Crippen LogP contribution is 2.33. The van der Waals surface area contributed by atoms with Gasteiger partial charge < -0.3 is 10.8 Å². The molecule has 3 aliphatic heterocycles. The summed E-state index contributed by atoms with van der Waals surface area (Å²) >= 11 is 0. The zero-order chi connectivity index (χ0) is 21.5. The molecule has 1 atom stereocenters. The van der Waals surface area contributed by atoms with Crippen molar-refractivity contribution in [1.82, 2.24) is 15.1 Å². The van der Waals surface area contributed by atoms with Gasteiger partial charge in [-0.25, -0.2) is 0 Å². The molecule has 3 aliphatic rings. The van der Waals surface area contributed by atoms with Gasteiger partial charge in [0.15, 0.2) is 0 Å². The predicted octanol–water partition coefficient (Wildman–Crippen LogP) is -0.379. The van der Waals surface area contributed by atoms with Crippen LogP contribution < -0.4 is 11.1 Å². The average molecular weight is 414 g/mol. The molecule has 0 aromatic heterocycles. The van der Waals surface area contributed by atoms with Crippen molar-refractivity contribution in [2.45, 2.75) is 38.3 Å². The highest BCUT2D eigenvalue weighted by Gasteiger charge is 2.45. The van der Waals surface area contributed by atoms with Crippen molar-refractivity contribution in [3.05, 3.63) is 34.9 Å². The number of hydrogen-bond acceptors (Lipinski definition) is 7. The normalized spacial score (nSPS) is 24.2. The Kier molecular flexibility index (Phi) is 5.44. The van der Waals surface area contributed by atoms with E-state index in [9.17, 15) is 24.3 Å². The monoisotopic (exact) mass is 414 g/mol. The lowest BCUT2D eigenvalue weighted by molar-refractivity contribution is -0.136. The number of carbonyl (C=O) groups excluding carboxylic acids is 4. The summed E-state index contributed by atoms with van der Waals surface area (Å²) in [6.07, 6.45) is 1.77. The van der Waals surface area contributed by atoms with E-state index in [1.165, 1.54) is 0 Å². The Morgan fingerprint density at radius 1 is 1.13 bits per heavy atom. The quantitative estimate of drug-likeness (QED) is 0.560. The molecular formula is C21H26N4O5. The summed E-state index contributed by atoms with van der Waals surface area (Å²) in [5.74, 6) is -1.98. The van der Waals surface area contributed by atoms with E-state index in [0.717, 1.165) is 36.4 Å². The summed E-state index contributed by atoms with van der Waals surface area (Å²) in [6.45, 7) is 2.47. The van der Waals surface area contributed by atoms with Crippen LogP contribution in [0.1, 0.15) is 52.0 Å². The van der Waals surface area contributed by atoms with Gasteiger partial charge in [-0.2, -0.15) is 0 Å². The van der Waals surface area contributed by atoms with Crippen LogP contribution in [0.3, 0.4) is 0 Å². The van der Waals surface area contributed by atoms with Gasteiger partial charge in [-0.15, -0.1) is 0 Å². The first-order valence-corrected chi connectivity index (χ1v) is 10.3. The van der Waals surface area contributed by atoms with Crippen LogP contribution in [0.5, 0.6) is 0 Å². The van der Waals surface area contributed by atoms with E-state index in [0.29, 0.717) is 24.2 Å². The fourth-order valence-corrected chi connectivity index (χ4v) is 4.57. The van der Waals surface area contributed by atoms with E-state index in [1.54, 1.807) is 12.1 Å². The first-order valence-electron chi connectivity index (χ1n) is 10.3. The van der Waals surface area contributed by atoms with Crippen LogP contribution in [-0.2, 0) is 16.1 Å². The number of carbonyl (C=O) groups is 4. The van der Waals surface area contributed by atoms with Gasteiger partial charge in [-0.05, 0) is 44.0 Å². The van der Waals surface area contributed by atoms with Crippen LogP contribution in [0.15, 0.2) is 18.2 Å². The third kappa shape index (κ3) is 3.42. The van der Waals surface area contributed by atoms with Crippen LogP contribution in [0.4, 0.5) is 0 Å². The number of piperidine rings is 2. The molecule has 1 aromatic rings. The van der Waals surface area contributed by atoms with Crippen LogP contribution in [-0.4, -0.2) is 70.8 Å². The van der Waals surface area contributed by atoms with Crippen molar-refractivity contribution in [2.24, 2.45) is 11.1 Å². The molecule has 4 N–H and O–H groups in total. The van der Waals surface area contributed by atoms with E-state index < -0.39 is 29.7 Å². The minimum Gasteiger partial charge on any atom is -0.396 e. The first-order chi connectivity index (χ1) is 14.4. The molecule has 30 heavy (non-hydrogen) atoms. The van der Waals surface area contributed by atoms with Crippen molar-refractivity contribution in [1.29, 1.82) is 0 Å². The SMILES string of the molecule is NCC1(CO)CCN(Cc2cccc3c2C(=O)N(C2CCC(=O)NC2=O)C3=O)CC1. The Morgan fingerprint density at radius 2 is 1.87 bits per heavy atom. The molecule has 2 fully saturated rings. The molecule has 4 amide bonds. The Hall–Kier alpha value is -2.62. The molecule has 1 aromatic carbocycles. The van der Waals surface area contributed by atoms with Gasteiger partial charge >= 0.3 is 0 Å². The largest absolute Gasteiger partial charge is 0.396 e. The van der Waals surface area contributed by atoms with Gasteiger partial charge in [0.05, 0.1) is 11.1 Å². The minimum absolute atomic E-state index is 0.0615. The van der Waals surface area contributed by atoms with Crippen molar-refractivity contribution in [3.8, 4) is 0 Å². The second kappa shape index (κ2) is 7.90. The van der Waals surface area contributed by atoms with E-state index in [4.69, 9.17) is 5.73 Å². The summed E-state index contributed by atoms with van der Waals surface area (Å²) in [7, 11) is 0. The Balaban J connectivity index is 1.54. The van der Waals surface area contributed by atoms with Gasteiger partial charge in [0, 0.05) is 31.5 Å². The number of fused-ring (bicyclic) bond motifs is 1. The third-order valence-corrected chi connectivity index (χ3v) is 6.63. The zero-order valence-electron chi connectivity index (χ0n) is 16.7. The van der Waals surface area contributed by atoms with E-state index in [2.05, 4.69) is 10.2 Å². The third-order valence-electron chi connectivity index (χ3n) is 6.63. The van der Waals surface area contributed by atoms with Crippen LogP contribution in [0, 0.1) is 5.41 Å². The molecule has 9 nitrogen and oxygen atoms in total. The fraction of sp³-hybridized carbons (Fsp3) is 0.524. The second-order valence-corrected chi connectivity index (χ2v) is 8.43. The molecule has 9 heteroatoms. The number of amides is 4. The second-order valence-electron chi connectivity index (χ2n) is 8.43. The molecule has 0 saturated carbocycles. The lowest BCUT2D eigenvalue weighted by atomic mass is 9.79. The smallest absolute Gasteiger partial charge is 0.262 e. The average Bonchev–Trinajstić information content (AvgIpc) is 3.00. The molecule has 1 unspecified atom stereocenters. The number of nitrogens with zero attached hydrogens (tertiary/aromatic N) is 2. The van der Waals surface area contributed by atoms with Crippen molar-refractivity contribution in [2.75, 3.05) is 26.2 Å². The molecule has 2 saturated heterocycles. The molecule has 160 valence electrons. The summed E-state index contributed by atoms with van der Waals surface area (Å²) < 4.78 is 0. The highest BCUT2D eigenvalue weighted by atomic mass is 16.3. The highest BCUT2D eigenvalue weighted by molar-refractivity contribution is 6.24. The number of hydrogen-bond donors (Lipinski definition) is 3. The molecule has 0 bridgehead atoms. The Morgan fingerprint density at radius 3 is 2.50 bits per heavy atom. The van der Waals surface area contributed by atoms with Crippen molar-refractivity contribution in [3.63, 3.8) is 0 Å². The number of benzene rings is 1. The zero-order valence-corrected chi connectivity index (χ0v) is 16.7. The van der Waals surface area contributed by atoms with Crippen molar-refractivity contribution < 1.29 is 24.3 Å². The van der Waals surface area contributed by atoms with Gasteiger partial charge in [-0.1, -0.05) is 12.1 Å². The summed E-state index contributed by atoms with van der Waals surface area (Å²) in [4.78, 5) is 52.9. The number of likely N-dealkylation sites (tertiary alicyclic amines) is 1. The molecular weight excluding hydrogens is 388 g/mol. The lowest BCUT2D eigenvalue weighted by Gasteiger charge is -2.40. The number of imide groups is 2. The van der Waals surface area contributed by atoms with Gasteiger partial charge in [-0.3, -0.25) is 34.3 Å². The maximum absolute atomic E-state index is 13.2. The predicted molar refractivity (Wildman–Crippen MR) is 106 cm³/mol. The maximum atomic E-state index is 13.2. The van der Waals surface area contributed by atoms with Gasteiger partial charge in [0.1, 0.15) is 6.04 Å². The Labute approximate surface area is 174 Å². The molecule has 0 spiro atoms. The van der Waals surface area contributed by atoms with Crippen LogP contribution in [0.2, 0.25) is 0 Å². The summed E-state index contributed by atoms with van der Waals surface area (Å²) in [5.41, 5.74) is 6.97. The first kappa shape index (κ1) is 20.6. The van der Waals surface area contributed by atoms with E-state index >= 15 is 0 Å². The number of aliphatic hydroxyl groups excluding tert-OH is 1. The summed E-state index contributed by atoms with van der Waals surface area (Å²) in [6, 6.07) is 4.21. The topological polar surface area (TPSA) is 133 Å². The molecule has 4 rings (SSSR count). The van der Waals surface area contributed by atoms with Gasteiger partial charge in [0.25, 0.3) is 11.8 Å². The Bertz CT molecular complexity index is 901.